The minimum atomic E-state index is -0.392. The molecule has 0 aliphatic heterocycles. The number of nitrogens with one attached hydrogen (secondary N) is 1. The van der Waals surface area contributed by atoms with Crippen LogP contribution in [-0.4, -0.2) is 19.1 Å². The number of hydrogen-bond acceptors (Lipinski definition) is 4. The minimum Gasteiger partial charge on any atom is -0.484 e. The number of rotatable bonds is 8. The van der Waals surface area contributed by atoms with Crippen molar-refractivity contribution in [3.8, 4) is 5.75 Å². The van der Waals surface area contributed by atoms with Crippen LogP contribution >= 0.6 is 0 Å². The molecule has 0 spiro atoms. The average molecular weight is 317 g/mol. The first kappa shape index (κ1) is 17.1. The molecule has 5 heteroatoms. The zero-order chi connectivity index (χ0) is 16.7. The Morgan fingerprint density at radius 2 is 2.04 bits per heavy atom. The van der Waals surface area contributed by atoms with Gasteiger partial charge in [-0.1, -0.05) is 26.2 Å². The van der Waals surface area contributed by atoms with Crippen LogP contribution in [0.1, 0.15) is 38.2 Å². The van der Waals surface area contributed by atoms with Crippen molar-refractivity contribution in [2.45, 2.75) is 39.5 Å². The van der Waals surface area contributed by atoms with Crippen molar-refractivity contribution in [1.29, 1.82) is 0 Å². The molecule has 0 aliphatic rings. The van der Waals surface area contributed by atoms with Gasteiger partial charge in [-0.2, -0.15) is 0 Å². The second-order valence-corrected chi connectivity index (χ2v) is 5.61. The molecule has 1 amide bonds. The Morgan fingerprint density at radius 3 is 2.83 bits per heavy atom. The molecule has 1 heterocycles. The number of hydrogen-bond donors (Lipinski definition) is 1. The Balaban J connectivity index is 1.87. The molecular formula is C18H23NO4. The fraction of sp³-hybridized carbons (Fsp3) is 0.444. The van der Waals surface area contributed by atoms with Crippen molar-refractivity contribution in [3.05, 3.63) is 40.2 Å². The van der Waals surface area contributed by atoms with Gasteiger partial charge in [0.25, 0.3) is 5.91 Å². The van der Waals surface area contributed by atoms with Crippen LogP contribution in [0, 0.1) is 6.92 Å². The first-order valence-corrected chi connectivity index (χ1v) is 8.04. The van der Waals surface area contributed by atoms with E-state index in [-0.39, 0.29) is 12.5 Å². The lowest BCUT2D eigenvalue weighted by molar-refractivity contribution is -0.123. The number of carbonyl (C=O) groups excluding carboxylic acids is 1. The first-order valence-electron chi connectivity index (χ1n) is 8.04. The summed E-state index contributed by atoms with van der Waals surface area (Å²) in [6.45, 7) is 4.63. The number of benzene rings is 1. The van der Waals surface area contributed by atoms with Gasteiger partial charge in [0, 0.05) is 24.1 Å². The molecule has 0 saturated heterocycles. The van der Waals surface area contributed by atoms with Crippen LogP contribution in [0.15, 0.2) is 33.5 Å². The van der Waals surface area contributed by atoms with E-state index in [1.54, 1.807) is 12.1 Å². The monoisotopic (exact) mass is 317 g/mol. The molecule has 5 nitrogen and oxygen atoms in total. The van der Waals surface area contributed by atoms with Crippen LogP contribution in [-0.2, 0) is 4.79 Å². The van der Waals surface area contributed by atoms with E-state index < -0.39 is 5.63 Å². The van der Waals surface area contributed by atoms with E-state index in [2.05, 4.69) is 12.2 Å². The zero-order valence-electron chi connectivity index (χ0n) is 13.7. The lowest BCUT2D eigenvalue weighted by Gasteiger charge is -2.08. The summed E-state index contributed by atoms with van der Waals surface area (Å²) in [5, 5.41) is 3.69. The van der Waals surface area contributed by atoms with Crippen LogP contribution in [0.5, 0.6) is 5.75 Å². The standard InChI is InChI=1S/C18H23NO4/c1-3-4-5-6-9-19-17(20)12-22-14-7-8-15-13(2)10-18(21)23-16(15)11-14/h7-8,10-11H,3-6,9,12H2,1-2H3,(H,19,20). The third kappa shape index (κ3) is 5.13. The van der Waals surface area contributed by atoms with Crippen molar-refractivity contribution in [3.63, 3.8) is 0 Å². The quantitative estimate of drug-likeness (QED) is 0.600. The van der Waals surface area contributed by atoms with Gasteiger partial charge in [0.2, 0.25) is 0 Å². The number of aryl methyl sites for hydroxylation is 1. The van der Waals surface area contributed by atoms with E-state index >= 15 is 0 Å². The van der Waals surface area contributed by atoms with Gasteiger partial charge >= 0.3 is 5.63 Å². The van der Waals surface area contributed by atoms with Gasteiger partial charge in [-0.25, -0.2) is 4.79 Å². The smallest absolute Gasteiger partial charge is 0.336 e. The zero-order valence-corrected chi connectivity index (χ0v) is 13.7. The SMILES string of the molecule is CCCCCCNC(=O)COc1ccc2c(C)cc(=O)oc2c1. The van der Waals surface area contributed by atoms with Gasteiger partial charge in [-0.15, -0.1) is 0 Å². The maximum atomic E-state index is 11.7. The number of amides is 1. The second-order valence-electron chi connectivity index (χ2n) is 5.61. The van der Waals surface area contributed by atoms with Crippen LogP contribution in [0.25, 0.3) is 11.0 Å². The summed E-state index contributed by atoms with van der Waals surface area (Å²) < 4.78 is 10.6. The van der Waals surface area contributed by atoms with Crippen molar-refractivity contribution >= 4 is 16.9 Å². The van der Waals surface area contributed by atoms with E-state index in [1.807, 2.05) is 13.0 Å². The normalized spacial score (nSPS) is 10.7. The molecule has 0 fully saturated rings. The highest BCUT2D eigenvalue weighted by Crippen LogP contribution is 2.22. The Kier molecular flexibility index (Phi) is 6.20. The van der Waals surface area contributed by atoms with Gasteiger partial charge in [0.05, 0.1) is 0 Å². The Bertz CT molecular complexity index is 721. The van der Waals surface area contributed by atoms with Crippen molar-refractivity contribution < 1.29 is 13.9 Å². The molecule has 2 aromatic rings. The fourth-order valence-electron chi connectivity index (χ4n) is 2.37. The highest BCUT2D eigenvalue weighted by molar-refractivity contribution is 5.81. The third-order valence-electron chi connectivity index (χ3n) is 3.65. The van der Waals surface area contributed by atoms with Gasteiger partial charge in [0.15, 0.2) is 6.61 Å². The summed E-state index contributed by atoms with van der Waals surface area (Å²) >= 11 is 0. The Morgan fingerprint density at radius 1 is 1.22 bits per heavy atom. The summed E-state index contributed by atoms with van der Waals surface area (Å²) in [7, 11) is 0. The maximum absolute atomic E-state index is 11.7. The van der Waals surface area contributed by atoms with Gasteiger partial charge in [-0.3, -0.25) is 4.79 Å². The molecule has 0 unspecified atom stereocenters. The summed E-state index contributed by atoms with van der Waals surface area (Å²) in [6, 6.07) is 6.68. The molecular weight excluding hydrogens is 294 g/mol. The molecule has 124 valence electrons. The second kappa shape index (κ2) is 8.36. The first-order chi connectivity index (χ1) is 11.1. The average Bonchev–Trinajstić information content (AvgIpc) is 2.52. The number of carbonyl (C=O) groups is 1. The van der Waals surface area contributed by atoms with Crippen molar-refractivity contribution in [1.82, 2.24) is 5.32 Å². The van der Waals surface area contributed by atoms with Crippen LogP contribution in [0.2, 0.25) is 0 Å². The van der Waals surface area contributed by atoms with E-state index in [0.717, 1.165) is 23.8 Å². The molecule has 0 atom stereocenters. The highest BCUT2D eigenvalue weighted by Gasteiger charge is 2.06. The molecule has 1 N–H and O–H groups in total. The fourth-order valence-corrected chi connectivity index (χ4v) is 2.37. The molecule has 0 aliphatic carbocycles. The van der Waals surface area contributed by atoms with Crippen LogP contribution in [0.4, 0.5) is 0 Å². The number of ether oxygens (including phenoxy) is 1. The Hall–Kier alpha value is -2.30. The lowest BCUT2D eigenvalue weighted by Crippen LogP contribution is -2.29. The van der Waals surface area contributed by atoms with Gasteiger partial charge in [0.1, 0.15) is 11.3 Å². The van der Waals surface area contributed by atoms with E-state index in [0.29, 0.717) is 17.9 Å². The molecule has 23 heavy (non-hydrogen) atoms. The van der Waals surface area contributed by atoms with Gasteiger partial charge in [-0.05, 0) is 31.0 Å². The predicted molar refractivity (Wildman–Crippen MR) is 89.9 cm³/mol. The molecule has 1 aromatic heterocycles. The summed E-state index contributed by atoms with van der Waals surface area (Å²) in [5.41, 5.74) is 0.928. The summed E-state index contributed by atoms with van der Waals surface area (Å²) in [4.78, 5) is 23.1. The largest absolute Gasteiger partial charge is 0.484 e. The van der Waals surface area contributed by atoms with Gasteiger partial charge < -0.3 is 14.5 Å². The van der Waals surface area contributed by atoms with E-state index in [9.17, 15) is 9.59 Å². The van der Waals surface area contributed by atoms with Crippen LogP contribution < -0.4 is 15.7 Å². The van der Waals surface area contributed by atoms with E-state index in [1.165, 1.54) is 18.9 Å². The summed E-state index contributed by atoms with van der Waals surface area (Å²) in [5.74, 6) is 0.361. The van der Waals surface area contributed by atoms with Crippen LogP contribution in [0.3, 0.4) is 0 Å². The Labute approximate surface area is 135 Å². The van der Waals surface area contributed by atoms with E-state index in [4.69, 9.17) is 9.15 Å². The minimum absolute atomic E-state index is 0.0463. The van der Waals surface area contributed by atoms with Crippen molar-refractivity contribution in [2.24, 2.45) is 0 Å². The highest BCUT2D eigenvalue weighted by atomic mass is 16.5. The molecule has 0 bridgehead atoms. The number of unbranched alkanes of at least 4 members (excludes halogenated alkanes) is 3. The third-order valence-corrected chi connectivity index (χ3v) is 3.65. The predicted octanol–water partition coefficient (Wildman–Crippen LogP) is 3.18. The molecule has 1 aromatic carbocycles. The van der Waals surface area contributed by atoms with Crippen molar-refractivity contribution in [2.75, 3.05) is 13.2 Å². The molecule has 2 rings (SSSR count). The lowest BCUT2D eigenvalue weighted by atomic mass is 10.1. The summed E-state index contributed by atoms with van der Waals surface area (Å²) in [6.07, 6.45) is 4.48. The topological polar surface area (TPSA) is 68.5 Å². The maximum Gasteiger partial charge on any atom is 0.336 e. The molecule has 0 saturated carbocycles. The number of fused-ring (bicyclic) bond motifs is 1. The molecule has 0 radical (unpaired) electrons.